The van der Waals surface area contributed by atoms with Crippen LogP contribution in [0.4, 0.5) is 0 Å². The van der Waals surface area contributed by atoms with Gasteiger partial charge in [-0.15, -0.1) is 0 Å². The van der Waals surface area contributed by atoms with Crippen LogP contribution in [0.1, 0.15) is 166 Å². The fraction of sp³-hybridized carbons (Fsp3) is 1.00. The third-order valence-corrected chi connectivity index (χ3v) is 0. The Balaban J connectivity index is -0.0000000346. The average molecular weight is 863 g/mol. The van der Waals surface area contributed by atoms with Gasteiger partial charge in [-0.2, -0.15) is 0 Å². The SMILES string of the molecule is CC(C)(C)O.CC(C)(C)O.CC(C)(C)O.CC(C)(C)O.CC(C)(C)O.CC(C)(C)O.CC(C)(C)O.CC(C)(C)O.[Hf].[Zr]. The van der Waals surface area contributed by atoms with E-state index in [1.807, 2.05) is 0 Å². The summed E-state index contributed by atoms with van der Waals surface area (Å²) in [6.07, 6.45) is 0. The standard InChI is InChI=1S/8C4H10O.Hf.Zr/c8*1-4(2,3)5;;/h8*5H,1-3H3;;. The van der Waals surface area contributed by atoms with Crippen LogP contribution < -0.4 is 0 Å². The first kappa shape index (κ1) is 70.0. The number of aliphatic hydroxyl groups is 8. The van der Waals surface area contributed by atoms with Gasteiger partial charge in [-0.3, -0.25) is 0 Å². The van der Waals surface area contributed by atoms with Crippen molar-refractivity contribution in [1.29, 1.82) is 0 Å². The summed E-state index contributed by atoms with van der Waals surface area (Å²) in [5.41, 5.74) is -4.00. The largest absolute Gasteiger partial charge is 0.391 e. The van der Waals surface area contributed by atoms with Crippen molar-refractivity contribution in [2.45, 2.75) is 211 Å². The summed E-state index contributed by atoms with van der Waals surface area (Å²) < 4.78 is 0. The fourth-order valence-corrected chi connectivity index (χ4v) is 0. The minimum absolute atomic E-state index is 0. The van der Waals surface area contributed by atoms with Gasteiger partial charge in [-0.25, -0.2) is 0 Å². The van der Waals surface area contributed by atoms with E-state index < -0.39 is 44.8 Å². The molecular formula is C32H80HfO8Zr. The first-order valence-corrected chi connectivity index (χ1v) is 13.8. The molecule has 0 fully saturated rings. The number of hydrogen-bond acceptors (Lipinski definition) is 8. The topological polar surface area (TPSA) is 162 Å². The quantitative estimate of drug-likeness (QED) is 0.134. The van der Waals surface area contributed by atoms with Gasteiger partial charge in [0.1, 0.15) is 0 Å². The molecule has 8 nitrogen and oxygen atoms in total. The van der Waals surface area contributed by atoms with Crippen LogP contribution >= 0.6 is 0 Å². The summed E-state index contributed by atoms with van der Waals surface area (Å²) >= 11 is 0. The second-order valence-corrected chi connectivity index (χ2v) is 17.4. The predicted octanol–water partition coefficient (Wildman–Crippen LogP) is 6.21. The summed E-state index contributed by atoms with van der Waals surface area (Å²) in [5.74, 6) is 0. The van der Waals surface area contributed by atoms with E-state index in [4.69, 9.17) is 40.9 Å². The molecule has 42 heavy (non-hydrogen) atoms. The van der Waals surface area contributed by atoms with Crippen molar-refractivity contribution in [2.75, 3.05) is 0 Å². The third kappa shape index (κ3) is 33000. The second-order valence-electron chi connectivity index (χ2n) is 17.4. The maximum atomic E-state index is 8.52. The maximum Gasteiger partial charge on any atom is 0.0563 e. The summed E-state index contributed by atoms with van der Waals surface area (Å²) in [6, 6.07) is 0. The maximum absolute atomic E-state index is 8.52. The molecule has 0 radical (unpaired) electrons. The van der Waals surface area contributed by atoms with Crippen molar-refractivity contribution in [3.63, 3.8) is 0 Å². The van der Waals surface area contributed by atoms with E-state index in [0.29, 0.717) is 0 Å². The van der Waals surface area contributed by atoms with Gasteiger partial charge >= 0.3 is 0 Å². The second kappa shape index (κ2) is 29.8. The molecule has 0 aromatic rings. The van der Waals surface area contributed by atoms with Crippen LogP contribution in [0, 0.1) is 0 Å². The van der Waals surface area contributed by atoms with Crippen LogP contribution in [0.3, 0.4) is 0 Å². The van der Waals surface area contributed by atoms with E-state index in [1.54, 1.807) is 166 Å². The zero-order chi connectivity index (χ0) is 36.0. The van der Waals surface area contributed by atoms with E-state index >= 15 is 0 Å². The van der Waals surface area contributed by atoms with Crippen LogP contribution in [-0.4, -0.2) is 85.7 Å². The molecule has 0 unspecified atom stereocenters. The molecule has 8 N–H and O–H groups in total. The van der Waals surface area contributed by atoms with E-state index in [2.05, 4.69) is 0 Å². The molecule has 10 heteroatoms. The Morgan fingerprint density at radius 2 is 0.190 bits per heavy atom. The van der Waals surface area contributed by atoms with Gasteiger partial charge in [-0.05, 0) is 166 Å². The summed E-state index contributed by atoms with van der Waals surface area (Å²) in [4.78, 5) is 0. The molecule has 0 aromatic heterocycles. The molecule has 0 rings (SSSR count). The Labute approximate surface area is 302 Å². The van der Waals surface area contributed by atoms with E-state index in [9.17, 15) is 0 Å². The average Bonchev–Trinajstić information content (AvgIpc) is 2.16. The van der Waals surface area contributed by atoms with Crippen molar-refractivity contribution in [2.24, 2.45) is 0 Å². The van der Waals surface area contributed by atoms with E-state index in [0.717, 1.165) is 0 Å². The van der Waals surface area contributed by atoms with Crippen molar-refractivity contribution in [3.8, 4) is 0 Å². The molecule has 0 bridgehead atoms. The molecule has 0 aromatic carbocycles. The molecule has 0 atom stereocenters. The number of hydrogen-bond donors (Lipinski definition) is 8. The van der Waals surface area contributed by atoms with Crippen LogP contribution in [0.5, 0.6) is 0 Å². The number of rotatable bonds is 0. The summed E-state index contributed by atoms with van der Waals surface area (Å²) in [6.45, 7) is 41.8. The Kier molecular flexibility index (Phi) is 49.7. The fourth-order valence-electron chi connectivity index (χ4n) is 0. The molecule has 0 spiro atoms. The molecule has 0 amide bonds. The predicted molar refractivity (Wildman–Crippen MR) is 176 cm³/mol. The Hall–Kier alpha value is 1.43. The Morgan fingerprint density at radius 3 is 0.190 bits per heavy atom. The Morgan fingerprint density at radius 1 is 0.190 bits per heavy atom. The minimum atomic E-state index is -0.500. The van der Waals surface area contributed by atoms with Crippen molar-refractivity contribution in [3.05, 3.63) is 0 Å². The third-order valence-electron chi connectivity index (χ3n) is 0. The summed E-state index contributed by atoms with van der Waals surface area (Å²) in [7, 11) is 0. The molecule has 0 aliphatic heterocycles. The first-order chi connectivity index (χ1) is 16.0. The smallest absolute Gasteiger partial charge is 0.0563 e. The van der Waals surface area contributed by atoms with Gasteiger partial charge in [0.25, 0.3) is 0 Å². The monoisotopic (exact) mass is 862 g/mol. The van der Waals surface area contributed by atoms with Gasteiger partial charge in [0, 0.05) is 52.0 Å². The molecule has 0 heterocycles. The first-order valence-electron chi connectivity index (χ1n) is 13.8. The van der Waals surface area contributed by atoms with Crippen LogP contribution in [-0.2, 0) is 52.0 Å². The van der Waals surface area contributed by atoms with Gasteiger partial charge < -0.3 is 40.9 Å². The minimum Gasteiger partial charge on any atom is -0.391 e. The van der Waals surface area contributed by atoms with Crippen molar-refractivity contribution < 1.29 is 92.9 Å². The van der Waals surface area contributed by atoms with Crippen LogP contribution in [0.2, 0.25) is 0 Å². The van der Waals surface area contributed by atoms with Crippen LogP contribution in [0.15, 0.2) is 0 Å². The van der Waals surface area contributed by atoms with E-state index in [-0.39, 0.29) is 52.0 Å². The molecule has 0 aliphatic carbocycles. The molecule has 0 saturated heterocycles. The zero-order valence-electron chi connectivity index (χ0n) is 32.6. The van der Waals surface area contributed by atoms with Crippen molar-refractivity contribution >= 4 is 0 Å². The van der Waals surface area contributed by atoms with Crippen LogP contribution in [0.25, 0.3) is 0 Å². The molecule has 0 saturated carbocycles. The molecular weight excluding hydrogens is 782 g/mol. The van der Waals surface area contributed by atoms with Gasteiger partial charge in [-0.1, -0.05) is 0 Å². The molecule has 0 aliphatic rings. The van der Waals surface area contributed by atoms with Crippen molar-refractivity contribution in [1.82, 2.24) is 0 Å². The molecule has 264 valence electrons. The van der Waals surface area contributed by atoms with Gasteiger partial charge in [0.15, 0.2) is 0 Å². The summed E-state index contributed by atoms with van der Waals surface area (Å²) in [5, 5.41) is 68.2. The normalized spacial score (nSPS) is 11.4. The zero-order valence-corrected chi connectivity index (χ0v) is 38.6. The van der Waals surface area contributed by atoms with Gasteiger partial charge in [0.05, 0.1) is 44.8 Å². The Bertz CT molecular complexity index is 311. The van der Waals surface area contributed by atoms with Gasteiger partial charge in [0.2, 0.25) is 0 Å². The van der Waals surface area contributed by atoms with E-state index in [1.165, 1.54) is 0 Å².